The molecule has 0 saturated carbocycles. The van der Waals surface area contributed by atoms with E-state index in [9.17, 15) is 20.1 Å². The van der Waals surface area contributed by atoms with Crippen LogP contribution in [0.25, 0.3) is 0 Å². The van der Waals surface area contributed by atoms with E-state index >= 15 is 0 Å². The third-order valence-corrected chi connectivity index (χ3v) is 2.60. The van der Waals surface area contributed by atoms with Gasteiger partial charge in [0.25, 0.3) is 0 Å². The Morgan fingerprint density at radius 3 is 2.40 bits per heavy atom. The summed E-state index contributed by atoms with van der Waals surface area (Å²) in [6, 6.07) is 0. The standard InChI is InChI=1S/C8H14O7/c1-8(7(13)14)6(12)4(11)5(15-8)3(10)2-9/h3-6,9-12H,2H2,1H3,(H,13,14)/t3-,4-,5+,6-,8?/m0/s1. The maximum Gasteiger partial charge on any atom is 0.338 e. The number of ether oxygens (including phenoxy) is 1. The van der Waals surface area contributed by atoms with Crippen molar-refractivity contribution in [2.75, 3.05) is 6.61 Å². The molecule has 88 valence electrons. The summed E-state index contributed by atoms with van der Waals surface area (Å²) in [6.45, 7) is 0.400. The van der Waals surface area contributed by atoms with Crippen LogP contribution in [0.3, 0.4) is 0 Å². The molecule has 0 spiro atoms. The van der Waals surface area contributed by atoms with E-state index in [2.05, 4.69) is 0 Å². The Hall–Kier alpha value is -0.730. The third-order valence-electron chi connectivity index (χ3n) is 2.60. The first-order valence-corrected chi connectivity index (χ1v) is 4.41. The van der Waals surface area contributed by atoms with E-state index < -0.39 is 42.6 Å². The van der Waals surface area contributed by atoms with Gasteiger partial charge in [0.2, 0.25) is 0 Å². The number of rotatable bonds is 3. The molecule has 1 aliphatic rings. The van der Waals surface area contributed by atoms with Crippen LogP contribution in [0.2, 0.25) is 0 Å². The predicted molar refractivity (Wildman–Crippen MR) is 46.0 cm³/mol. The highest BCUT2D eigenvalue weighted by molar-refractivity contribution is 5.78. The second kappa shape index (κ2) is 4.03. The molecule has 0 aromatic carbocycles. The summed E-state index contributed by atoms with van der Waals surface area (Å²) in [5.41, 5.74) is -1.97. The van der Waals surface area contributed by atoms with E-state index in [1.165, 1.54) is 0 Å². The molecular weight excluding hydrogens is 208 g/mol. The molecule has 1 fully saturated rings. The predicted octanol–water partition coefficient (Wildman–Crippen LogP) is -2.70. The number of carboxylic acids is 1. The molecule has 1 saturated heterocycles. The van der Waals surface area contributed by atoms with Crippen molar-refractivity contribution in [2.45, 2.75) is 36.9 Å². The van der Waals surface area contributed by atoms with Gasteiger partial charge >= 0.3 is 5.97 Å². The Morgan fingerprint density at radius 1 is 1.53 bits per heavy atom. The van der Waals surface area contributed by atoms with E-state index in [4.69, 9.17) is 14.9 Å². The third kappa shape index (κ3) is 1.84. The summed E-state index contributed by atoms with van der Waals surface area (Å²) in [5.74, 6) is -1.44. The minimum Gasteiger partial charge on any atom is -0.479 e. The van der Waals surface area contributed by atoms with Crippen molar-refractivity contribution in [3.8, 4) is 0 Å². The van der Waals surface area contributed by atoms with Crippen molar-refractivity contribution in [1.82, 2.24) is 0 Å². The average molecular weight is 222 g/mol. The van der Waals surface area contributed by atoms with Crippen LogP contribution in [0.4, 0.5) is 0 Å². The number of aliphatic carboxylic acids is 1. The fourth-order valence-electron chi connectivity index (χ4n) is 1.51. The Morgan fingerprint density at radius 2 is 2.07 bits per heavy atom. The van der Waals surface area contributed by atoms with Crippen LogP contribution in [-0.4, -0.2) is 68.1 Å². The SMILES string of the molecule is CC1(C(=O)O)O[C@H]([C@@H](O)CO)[C@H](O)[C@@H]1O. The minimum absolute atomic E-state index is 0.690. The van der Waals surface area contributed by atoms with Crippen LogP contribution in [-0.2, 0) is 9.53 Å². The number of aliphatic hydroxyl groups is 4. The van der Waals surface area contributed by atoms with Gasteiger partial charge in [0, 0.05) is 0 Å². The number of hydrogen-bond acceptors (Lipinski definition) is 6. The molecule has 1 rings (SSSR count). The topological polar surface area (TPSA) is 127 Å². The maximum atomic E-state index is 10.8. The highest BCUT2D eigenvalue weighted by Gasteiger charge is 2.57. The molecule has 1 unspecified atom stereocenters. The highest BCUT2D eigenvalue weighted by atomic mass is 16.6. The summed E-state index contributed by atoms with van der Waals surface area (Å²) in [6.07, 6.45) is -5.95. The molecule has 0 aliphatic carbocycles. The first kappa shape index (κ1) is 12.3. The summed E-state index contributed by atoms with van der Waals surface area (Å²) in [5, 5.41) is 45.5. The van der Waals surface area contributed by atoms with E-state index in [0.29, 0.717) is 0 Å². The lowest BCUT2D eigenvalue weighted by Gasteiger charge is -2.22. The average Bonchev–Trinajstić information content (AvgIpc) is 2.43. The van der Waals surface area contributed by atoms with Crippen molar-refractivity contribution in [2.24, 2.45) is 0 Å². The largest absolute Gasteiger partial charge is 0.479 e. The van der Waals surface area contributed by atoms with Gasteiger partial charge in [-0.2, -0.15) is 0 Å². The lowest BCUT2D eigenvalue weighted by atomic mass is 9.96. The van der Waals surface area contributed by atoms with E-state index in [1.54, 1.807) is 0 Å². The van der Waals surface area contributed by atoms with Crippen molar-refractivity contribution >= 4 is 5.97 Å². The van der Waals surface area contributed by atoms with Crippen LogP contribution in [0.5, 0.6) is 0 Å². The fraction of sp³-hybridized carbons (Fsp3) is 0.875. The summed E-state index contributed by atoms with van der Waals surface area (Å²) >= 11 is 0. The van der Waals surface area contributed by atoms with Crippen molar-refractivity contribution in [3.05, 3.63) is 0 Å². The molecule has 0 aromatic rings. The molecule has 0 bridgehead atoms. The minimum atomic E-state index is -1.97. The Bertz CT molecular complexity index is 255. The van der Waals surface area contributed by atoms with E-state index in [-0.39, 0.29) is 0 Å². The summed E-state index contributed by atoms with van der Waals surface area (Å²) in [4.78, 5) is 10.8. The van der Waals surface area contributed by atoms with Gasteiger partial charge in [0.15, 0.2) is 5.60 Å². The van der Waals surface area contributed by atoms with Crippen molar-refractivity contribution < 1.29 is 35.1 Å². The zero-order valence-corrected chi connectivity index (χ0v) is 8.07. The number of aliphatic hydroxyl groups excluding tert-OH is 4. The molecule has 7 heteroatoms. The van der Waals surface area contributed by atoms with Gasteiger partial charge in [-0.15, -0.1) is 0 Å². The number of hydrogen-bond donors (Lipinski definition) is 5. The molecule has 0 radical (unpaired) electrons. The zero-order chi connectivity index (χ0) is 11.8. The first-order chi connectivity index (χ1) is 6.84. The molecule has 7 nitrogen and oxygen atoms in total. The summed E-state index contributed by atoms with van der Waals surface area (Å²) < 4.78 is 4.88. The molecular formula is C8H14O7. The van der Waals surface area contributed by atoms with Crippen LogP contribution in [0.1, 0.15) is 6.92 Å². The Kier molecular flexibility index (Phi) is 3.31. The van der Waals surface area contributed by atoms with Gasteiger partial charge in [-0.05, 0) is 6.92 Å². The fourth-order valence-corrected chi connectivity index (χ4v) is 1.51. The molecule has 1 heterocycles. The zero-order valence-electron chi connectivity index (χ0n) is 8.07. The second-order valence-corrected chi connectivity index (χ2v) is 3.68. The van der Waals surface area contributed by atoms with E-state index in [0.717, 1.165) is 6.92 Å². The molecule has 5 atom stereocenters. The Balaban J connectivity index is 2.89. The van der Waals surface area contributed by atoms with E-state index in [1.807, 2.05) is 0 Å². The van der Waals surface area contributed by atoms with Gasteiger partial charge in [0.05, 0.1) is 6.61 Å². The summed E-state index contributed by atoms with van der Waals surface area (Å²) in [7, 11) is 0. The van der Waals surface area contributed by atoms with Crippen LogP contribution in [0.15, 0.2) is 0 Å². The van der Waals surface area contributed by atoms with Crippen LogP contribution < -0.4 is 0 Å². The van der Waals surface area contributed by atoms with Crippen LogP contribution in [0, 0.1) is 0 Å². The quantitative estimate of drug-likeness (QED) is 0.351. The van der Waals surface area contributed by atoms with Crippen LogP contribution >= 0.6 is 0 Å². The normalized spacial score (nSPS) is 42.9. The van der Waals surface area contributed by atoms with Gasteiger partial charge in [-0.25, -0.2) is 4.79 Å². The lowest BCUT2D eigenvalue weighted by molar-refractivity contribution is -0.174. The van der Waals surface area contributed by atoms with Gasteiger partial charge in [-0.1, -0.05) is 0 Å². The molecule has 0 amide bonds. The monoisotopic (exact) mass is 222 g/mol. The van der Waals surface area contributed by atoms with Crippen molar-refractivity contribution in [1.29, 1.82) is 0 Å². The number of carbonyl (C=O) groups is 1. The molecule has 0 aromatic heterocycles. The molecule has 15 heavy (non-hydrogen) atoms. The van der Waals surface area contributed by atoms with Gasteiger partial charge in [0.1, 0.15) is 24.4 Å². The molecule has 1 aliphatic heterocycles. The number of carboxylic acid groups (broad SMARTS) is 1. The Labute approximate surface area is 85.5 Å². The van der Waals surface area contributed by atoms with Crippen molar-refractivity contribution in [3.63, 3.8) is 0 Å². The second-order valence-electron chi connectivity index (χ2n) is 3.68. The maximum absolute atomic E-state index is 10.8. The first-order valence-electron chi connectivity index (χ1n) is 4.41. The molecule has 5 N–H and O–H groups in total. The smallest absolute Gasteiger partial charge is 0.338 e. The highest BCUT2D eigenvalue weighted by Crippen LogP contribution is 2.32. The van der Waals surface area contributed by atoms with Gasteiger partial charge < -0.3 is 30.3 Å². The lowest BCUT2D eigenvalue weighted by Crippen LogP contribution is -2.47. The van der Waals surface area contributed by atoms with Gasteiger partial charge in [-0.3, -0.25) is 0 Å².